The smallest absolute Gasteiger partial charge is 0.272 e. The summed E-state index contributed by atoms with van der Waals surface area (Å²) in [5, 5.41) is 2.73. The van der Waals surface area contributed by atoms with E-state index < -0.39 is 17.4 Å². The molecular formula is C20H23N5O3. The molecule has 3 amide bonds. The predicted molar refractivity (Wildman–Crippen MR) is 102 cm³/mol. The molecule has 1 atom stereocenters. The summed E-state index contributed by atoms with van der Waals surface area (Å²) in [4.78, 5) is 47.8. The van der Waals surface area contributed by atoms with Gasteiger partial charge in [-0.3, -0.25) is 14.4 Å². The maximum Gasteiger partial charge on any atom is 0.272 e. The number of primary amides is 1. The highest BCUT2D eigenvalue weighted by Gasteiger charge is 2.44. The number of nitrogens with two attached hydrogens (primary N) is 1. The first-order chi connectivity index (χ1) is 13.3. The Morgan fingerprint density at radius 3 is 2.25 bits per heavy atom. The van der Waals surface area contributed by atoms with E-state index in [2.05, 4.69) is 15.3 Å². The molecule has 0 saturated carbocycles. The van der Waals surface area contributed by atoms with Gasteiger partial charge < -0.3 is 16.0 Å². The van der Waals surface area contributed by atoms with Crippen molar-refractivity contribution in [2.45, 2.75) is 32.2 Å². The Labute approximate surface area is 163 Å². The molecule has 146 valence electrons. The molecule has 8 nitrogen and oxygen atoms in total. The van der Waals surface area contributed by atoms with Gasteiger partial charge in [0.15, 0.2) is 0 Å². The van der Waals surface area contributed by atoms with E-state index in [1.807, 2.05) is 0 Å². The Kier molecular flexibility index (Phi) is 5.39. The van der Waals surface area contributed by atoms with Crippen LogP contribution in [0, 0.1) is 13.8 Å². The van der Waals surface area contributed by atoms with Crippen LogP contribution in [0.25, 0.3) is 0 Å². The number of carbonyl (C=O) groups excluding carboxylic acids is 3. The van der Waals surface area contributed by atoms with Gasteiger partial charge in [0.2, 0.25) is 5.91 Å². The zero-order valence-electron chi connectivity index (χ0n) is 15.9. The lowest BCUT2D eigenvalue weighted by atomic mass is 9.87. The third-order valence-electron chi connectivity index (χ3n) is 4.83. The predicted octanol–water partition coefficient (Wildman–Crippen LogP) is 0.984. The van der Waals surface area contributed by atoms with Crippen molar-refractivity contribution in [2.75, 3.05) is 13.1 Å². The number of pyridine rings is 2. The van der Waals surface area contributed by atoms with Crippen LogP contribution >= 0.6 is 0 Å². The molecule has 1 saturated heterocycles. The zero-order valence-corrected chi connectivity index (χ0v) is 15.9. The molecule has 3 rings (SSSR count). The van der Waals surface area contributed by atoms with Gasteiger partial charge in [-0.2, -0.15) is 0 Å². The molecule has 8 heteroatoms. The van der Waals surface area contributed by atoms with Gasteiger partial charge in [-0.1, -0.05) is 12.1 Å². The van der Waals surface area contributed by atoms with Crippen molar-refractivity contribution in [3.05, 3.63) is 59.2 Å². The van der Waals surface area contributed by atoms with Crippen molar-refractivity contribution in [3.8, 4) is 0 Å². The van der Waals surface area contributed by atoms with Crippen molar-refractivity contribution in [2.24, 2.45) is 5.73 Å². The number of nitrogens with zero attached hydrogens (tertiary/aromatic N) is 3. The highest BCUT2D eigenvalue weighted by molar-refractivity contribution is 5.99. The fraction of sp³-hybridized carbons (Fsp3) is 0.350. The van der Waals surface area contributed by atoms with E-state index in [9.17, 15) is 14.4 Å². The maximum atomic E-state index is 12.8. The molecule has 2 aromatic rings. The van der Waals surface area contributed by atoms with Crippen LogP contribution < -0.4 is 11.1 Å². The number of hydrogen-bond donors (Lipinski definition) is 2. The van der Waals surface area contributed by atoms with Crippen molar-refractivity contribution >= 4 is 17.7 Å². The first kappa shape index (κ1) is 19.5. The largest absolute Gasteiger partial charge is 0.368 e. The quantitative estimate of drug-likeness (QED) is 0.818. The van der Waals surface area contributed by atoms with Crippen LogP contribution in [0.5, 0.6) is 0 Å². The van der Waals surface area contributed by atoms with E-state index in [1.54, 1.807) is 50.2 Å². The minimum atomic E-state index is -1.35. The van der Waals surface area contributed by atoms with Gasteiger partial charge in [0.25, 0.3) is 11.8 Å². The lowest BCUT2D eigenvalue weighted by molar-refractivity contribution is -0.125. The monoisotopic (exact) mass is 381 g/mol. The lowest BCUT2D eigenvalue weighted by Crippen LogP contribution is -2.66. The summed E-state index contributed by atoms with van der Waals surface area (Å²) >= 11 is 0. The summed E-state index contributed by atoms with van der Waals surface area (Å²) < 4.78 is 0. The fourth-order valence-corrected chi connectivity index (χ4v) is 3.37. The molecule has 3 heterocycles. The highest BCUT2D eigenvalue weighted by atomic mass is 16.2. The fourth-order valence-electron chi connectivity index (χ4n) is 3.37. The molecule has 1 fully saturated rings. The summed E-state index contributed by atoms with van der Waals surface area (Å²) in [5.74, 6) is -1.47. The Morgan fingerprint density at radius 1 is 1.04 bits per heavy atom. The van der Waals surface area contributed by atoms with Gasteiger partial charge in [0.1, 0.15) is 16.9 Å². The lowest BCUT2D eigenvalue weighted by Gasteiger charge is -2.40. The zero-order chi connectivity index (χ0) is 20.3. The topological polar surface area (TPSA) is 118 Å². The third-order valence-corrected chi connectivity index (χ3v) is 4.83. The van der Waals surface area contributed by atoms with Crippen LogP contribution in [-0.4, -0.2) is 51.2 Å². The molecule has 0 aromatic carbocycles. The van der Waals surface area contributed by atoms with Gasteiger partial charge in [0.05, 0.1) is 6.54 Å². The Hall–Kier alpha value is -3.29. The molecule has 2 aromatic heterocycles. The summed E-state index contributed by atoms with van der Waals surface area (Å²) in [7, 11) is 0. The molecule has 3 N–H and O–H groups in total. The van der Waals surface area contributed by atoms with Gasteiger partial charge in [-0.05, 0) is 51.0 Å². The van der Waals surface area contributed by atoms with Gasteiger partial charge in [-0.15, -0.1) is 0 Å². The summed E-state index contributed by atoms with van der Waals surface area (Å²) in [6, 6.07) is 10.2. The van der Waals surface area contributed by atoms with E-state index in [0.29, 0.717) is 30.8 Å². The summed E-state index contributed by atoms with van der Waals surface area (Å²) in [6.45, 7) is 4.03. The number of aromatic nitrogens is 2. The minimum Gasteiger partial charge on any atom is -0.368 e. The van der Waals surface area contributed by atoms with Crippen LogP contribution in [0.2, 0.25) is 0 Å². The molecule has 0 bridgehead atoms. The number of likely N-dealkylation sites (tertiary alicyclic amines) is 1. The molecule has 1 unspecified atom stereocenters. The molecule has 0 spiro atoms. The van der Waals surface area contributed by atoms with Crippen LogP contribution in [0.15, 0.2) is 36.4 Å². The highest BCUT2D eigenvalue weighted by Crippen LogP contribution is 2.23. The van der Waals surface area contributed by atoms with E-state index in [4.69, 9.17) is 5.73 Å². The number of hydrogen-bond acceptors (Lipinski definition) is 5. The summed E-state index contributed by atoms with van der Waals surface area (Å²) in [5.41, 5.74) is 6.22. The molecular weight excluding hydrogens is 358 g/mol. The van der Waals surface area contributed by atoms with E-state index in [-0.39, 0.29) is 18.1 Å². The first-order valence-electron chi connectivity index (χ1n) is 9.10. The Morgan fingerprint density at radius 2 is 1.64 bits per heavy atom. The number of carbonyl (C=O) groups is 3. The Balaban J connectivity index is 1.83. The first-order valence-corrected chi connectivity index (χ1v) is 9.10. The number of piperidine rings is 1. The number of aryl methyl sites for hydroxylation is 2. The van der Waals surface area contributed by atoms with Gasteiger partial charge in [0, 0.05) is 17.9 Å². The molecule has 1 aliphatic rings. The Bertz CT molecular complexity index is 930. The van der Waals surface area contributed by atoms with Crippen molar-refractivity contribution < 1.29 is 14.4 Å². The molecule has 0 radical (unpaired) electrons. The molecule has 1 aliphatic heterocycles. The maximum absolute atomic E-state index is 12.8. The van der Waals surface area contributed by atoms with Crippen LogP contribution in [-0.2, 0) is 4.79 Å². The van der Waals surface area contributed by atoms with Crippen molar-refractivity contribution in [1.82, 2.24) is 20.2 Å². The second-order valence-corrected chi connectivity index (χ2v) is 7.06. The van der Waals surface area contributed by atoms with E-state index in [1.165, 1.54) is 4.90 Å². The van der Waals surface area contributed by atoms with Gasteiger partial charge in [-0.25, -0.2) is 9.97 Å². The van der Waals surface area contributed by atoms with Gasteiger partial charge >= 0.3 is 0 Å². The SMILES string of the molecule is Cc1cccc(C(=O)NC2(C(N)=O)CCCN(C(=O)c3cccc(C)n3)C2)n1. The average Bonchev–Trinajstić information content (AvgIpc) is 2.67. The minimum absolute atomic E-state index is 0.00561. The second kappa shape index (κ2) is 7.75. The second-order valence-electron chi connectivity index (χ2n) is 7.06. The normalized spacial score (nSPS) is 19.1. The number of amides is 3. The summed E-state index contributed by atoms with van der Waals surface area (Å²) in [6.07, 6.45) is 0.882. The molecule has 28 heavy (non-hydrogen) atoms. The van der Waals surface area contributed by atoms with Crippen LogP contribution in [0.3, 0.4) is 0 Å². The average molecular weight is 381 g/mol. The standard InChI is InChI=1S/C20H23N5O3/c1-13-6-3-8-15(22-13)17(26)24-20(19(21)28)10-5-11-25(12-20)18(27)16-9-4-7-14(2)23-16/h3-4,6-9H,5,10-12H2,1-2H3,(H2,21,28)(H,24,26). The van der Waals surface area contributed by atoms with Crippen molar-refractivity contribution in [3.63, 3.8) is 0 Å². The number of rotatable bonds is 4. The van der Waals surface area contributed by atoms with Crippen LogP contribution in [0.1, 0.15) is 45.2 Å². The van der Waals surface area contributed by atoms with Crippen molar-refractivity contribution in [1.29, 1.82) is 0 Å². The third kappa shape index (κ3) is 4.00. The van der Waals surface area contributed by atoms with E-state index in [0.717, 1.165) is 5.69 Å². The molecule has 0 aliphatic carbocycles. The number of nitrogens with one attached hydrogen (secondary N) is 1. The van der Waals surface area contributed by atoms with E-state index >= 15 is 0 Å². The van der Waals surface area contributed by atoms with Crippen LogP contribution in [0.4, 0.5) is 0 Å².